The Morgan fingerprint density at radius 1 is 1.11 bits per heavy atom. The van der Waals surface area contributed by atoms with Gasteiger partial charge in [0.2, 0.25) is 5.88 Å². The molecule has 0 spiro atoms. The number of anilines is 1. The van der Waals surface area contributed by atoms with E-state index in [4.69, 9.17) is 18.9 Å². The summed E-state index contributed by atoms with van der Waals surface area (Å²) < 4.78 is 60.5. The van der Waals surface area contributed by atoms with Gasteiger partial charge in [0.1, 0.15) is 17.1 Å². The molecule has 1 atom stereocenters. The number of carbonyl (C=O) groups is 1. The molecule has 3 aromatic rings. The van der Waals surface area contributed by atoms with Crippen molar-refractivity contribution >= 4 is 11.6 Å². The molecular weight excluding hydrogens is 477 g/mol. The molecule has 2 heterocycles. The van der Waals surface area contributed by atoms with Crippen LogP contribution in [0.2, 0.25) is 0 Å². The number of halogens is 3. The van der Waals surface area contributed by atoms with Crippen molar-refractivity contribution < 1.29 is 36.9 Å². The third kappa shape index (κ3) is 5.81. The van der Waals surface area contributed by atoms with Gasteiger partial charge in [-0.1, -0.05) is 0 Å². The van der Waals surface area contributed by atoms with Crippen molar-refractivity contribution in [3.05, 3.63) is 65.9 Å². The molecule has 0 saturated carbocycles. The van der Waals surface area contributed by atoms with Gasteiger partial charge in [-0.2, -0.15) is 13.2 Å². The number of amides is 1. The van der Waals surface area contributed by atoms with Gasteiger partial charge in [-0.05, 0) is 57.2 Å². The summed E-state index contributed by atoms with van der Waals surface area (Å²) in [5.74, 6) is 1.64. The molecule has 10 heteroatoms. The highest BCUT2D eigenvalue weighted by molar-refractivity contribution is 5.94. The van der Waals surface area contributed by atoms with E-state index in [0.717, 1.165) is 17.7 Å². The second-order valence-corrected chi connectivity index (χ2v) is 8.91. The van der Waals surface area contributed by atoms with E-state index >= 15 is 0 Å². The third-order valence-corrected chi connectivity index (χ3v) is 5.41. The minimum Gasteiger partial charge on any atom is -0.493 e. The monoisotopic (exact) mass is 502 g/mol. The lowest BCUT2D eigenvalue weighted by atomic mass is 10.0. The van der Waals surface area contributed by atoms with Crippen LogP contribution < -0.4 is 24.3 Å². The van der Waals surface area contributed by atoms with E-state index < -0.39 is 17.8 Å². The van der Waals surface area contributed by atoms with Gasteiger partial charge < -0.3 is 24.3 Å². The summed E-state index contributed by atoms with van der Waals surface area (Å²) in [5, 5.41) is 2.84. The van der Waals surface area contributed by atoms with Crippen LogP contribution in [0, 0.1) is 0 Å². The van der Waals surface area contributed by atoms with Crippen LogP contribution in [-0.4, -0.2) is 29.7 Å². The van der Waals surface area contributed by atoms with Gasteiger partial charge in [-0.15, -0.1) is 0 Å². The van der Waals surface area contributed by atoms with Crippen molar-refractivity contribution in [3.8, 4) is 28.9 Å². The number of pyridine rings is 1. The van der Waals surface area contributed by atoms with E-state index in [-0.39, 0.29) is 17.4 Å². The molecule has 1 N–H and O–H groups in total. The molecule has 0 bridgehead atoms. The average molecular weight is 502 g/mol. The zero-order valence-corrected chi connectivity index (χ0v) is 20.1. The van der Waals surface area contributed by atoms with Crippen molar-refractivity contribution in [2.45, 2.75) is 45.1 Å². The molecule has 0 unspecified atom stereocenters. The SMILES string of the molecule is COc1cc(NC(=O)[C@@H](C)Oc2ccc(Oc3ccc(C(F)(F)F)cn3)cc2)cc2c1OC(C)(C)C2. The second-order valence-electron chi connectivity index (χ2n) is 8.91. The molecule has 4 rings (SSSR count). The third-order valence-electron chi connectivity index (χ3n) is 5.41. The number of methoxy groups -OCH3 is 1. The maximum absolute atomic E-state index is 12.7. The van der Waals surface area contributed by atoms with E-state index in [2.05, 4.69) is 10.3 Å². The van der Waals surface area contributed by atoms with E-state index in [9.17, 15) is 18.0 Å². The highest BCUT2D eigenvalue weighted by atomic mass is 19.4. The summed E-state index contributed by atoms with van der Waals surface area (Å²) in [7, 11) is 1.54. The second kappa shape index (κ2) is 9.60. The lowest BCUT2D eigenvalue weighted by Crippen LogP contribution is -2.30. The molecule has 0 radical (unpaired) electrons. The number of carbonyl (C=O) groups excluding carboxylic acids is 1. The van der Waals surface area contributed by atoms with Crippen molar-refractivity contribution in [3.63, 3.8) is 0 Å². The highest BCUT2D eigenvalue weighted by Crippen LogP contribution is 2.43. The molecular formula is C26H25F3N2O5. The first kappa shape index (κ1) is 25.2. The first-order valence-electron chi connectivity index (χ1n) is 11.1. The Morgan fingerprint density at radius 2 is 1.81 bits per heavy atom. The van der Waals surface area contributed by atoms with E-state index in [0.29, 0.717) is 41.3 Å². The number of nitrogens with zero attached hydrogens (tertiary/aromatic N) is 1. The Bertz CT molecular complexity index is 1240. The Balaban J connectivity index is 1.36. The number of fused-ring (bicyclic) bond motifs is 1. The van der Waals surface area contributed by atoms with Gasteiger partial charge in [0.05, 0.1) is 12.7 Å². The predicted molar refractivity (Wildman–Crippen MR) is 126 cm³/mol. The van der Waals surface area contributed by atoms with Gasteiger partial charge in [0.25, 0.3) is 5.91 Å². The maximum Gasteiger partial charge on any atom is 0.417 e. The van der Waals surface area contributed by atoms with Crippen LogP contribution in [0.1, 0.15) is 31.9 Å². The van der Waals surface area contributed by atoms with Crippen LogP contribution in [0.5, 0.6) is 28.9 Å². The molecule has 2 aromatic carbocycles. The summed E-state index contributed by atoms with van der Waals surface area (Å²) in [6.07, 6.45) is -3.89. The maximum atomic E-state index is 12.7. The molecule has 190 valence electrons. The Hall–Kier alpha value is -3.95. The number of rotatable bonds is 7. The van der Waals surface area contributed by atoms with Crippen LogP contribution in [0.4, 0.5) is 18.9 Å². The predicted octanol–water partition coefficient (Wildman–Crippen LogP) is 6.02. The van der Waals surface area contributed by atoms with E-state index in [1.165, 1.54) is 0 Å². The summed E-state index contributed by atoms with van der Waals surface area (Å²) in [6.45, 7) is 5.58. The molecule has 0 saturated heterocycles. The molecule has 0 fully saturated rings. The molecule has 1 aliphatic rings. The zero-order valence-electron chi connectivity index (χ0n) is 20.1. The quantitative estimate of drug-likeness (QED) is 0.426. The van der Waals surface area contributed by atoms with E-state index in [1.54, 1.807) is 44.4 Å². The number of ether oxygens (including phenoxy) is 4. The number of aromatic nitrogens is 1. The van der Waals surface area contributed by atoms with Gasteiger partial charge >= 0.3 is 6.18 Å². The number of alkyl halides is 3. The molecule has 1 aliphatic heterocycles. The van der Waals surface area contributed by atoms with Crippen molar-refractivity contribution in [2.24, 2.45) is 0 Å². The van der Waals surface area contributed by atoms with Crippen LogP contribution in [0.15, 0.2) is 54.7 Å². The first-order chi connectivity index (χ1) is 16.9. The van der Waals surface area contributed by atoms with Gasteiger partial charge in [-0.3, -0.25) is 4.79 Å². The number of nitrogens with one attached hydrogen (secondary N) is 1. The lowest BCUT2D eigenvalue weighted by Gasteiger charge is -2.18. The topological polar surface area (TPSA) is 78.9 Å². The van der Waals surface area contributed by atoms with Crippen molar-refractivity contribution in [2.75, 3.05) is 12.4 Å². The number of hydrogen-bond donors (Lipinski definition) is 1. The van der Waals surface area contributed by atoms with Gasteiger partial charge in [0, 0.05) is 36.0 Å². The van der Waals surface area contributed by atoms with Crippen LogP contribution in [-0.2, 0) is 17.4 Å². The largest absolute Gasteiger partial charge is 0.493 e. The number of benzene rings is 2. The van der Waals surface area contributed by atoms with Crippen molar-refractivity contribution in [1.29, 1.82) is 0 Å². The molecule has 1 aromatic heterocycles. The molecule has 0 aliphatic carbocycles. The lowest BCUT2D eigenvalue weighted by molar-refractivity contribution is -0.137. The standard InChI is InChI=1S/C26H25F3N2O5/c1-15(24(32)31-18-11-16-13-25(2,3)36-23(16)21(12-18)33-4)34-19-6-8-20(9-7-19)35-22-10-5-17(14-30-22)26(27,28)29/h5-12,14-15H,13H2,1-4H3,(H,31,32)/t15-/m1/s1. The number of hydrogen-bond acceptors (Lipinski definition) is 6. The Kier molecular flexibility index (Phi) is 6.71. The normalized spacial score (nSPS) is 14.9. The summed E-state index contributed by atoms with van der Waals surface area (Å²) in [6, 6.07) is 11.9. The van der Waals surface area contributed by atoms with Crippen LogP contribution in [0.3, 0.4) is 0 Å². The summed E-state index contributed by atoms with van der Waals surface area (Å²) >= 11 is 0. The van der Waals surface area contributed by atoms with Crippen molar-refractivity contribution in [1.82, 2.24) is 4.98 Å². The van der Waals surface area contributed by atoms with Gasteiger partial charge in [-0.25, -0.2) is 4.98 Å². The Labute approximate surface area is 206 Å². The smallest absolute Gasteiger partial charge is 0.417 e. The van der Waals surface area contributed by atoms with Crippen LogP contribution in [0.25, 0.3) is 0 Å². The first-order valence-corrected chi connectivity index (χ1v) is 11.1. The Morgan fingerprint density at radius 3 is 2.42 bits per heavy atom. The van der Waals surface area contributed by atoms with E-state index in [1.807, 2.05) is 19.9 Å². The molecule has 1 amide bonds. The minimum atomic E-state index is -4.47. The average Bonchev–Trinajstić information content (AvgIpc) is 3.13. The molecule has 7 nitrogen and oxygen atoms in total. The molecule has 36 heavy (non-hydrogen) atoms. The summed E-state index contributed by atoms with van der Waals surface area (Å²) in [4.78, 5) is 16.4. The zero-order chi connectivity index (χ0) is 26.1. The fraction of sp³-hybridized carbons (Fsp3) is 0.308. The van der Waals surface area contributed by atoms with Gasteiger partial charge in [0.15, 0.2) is 17.6 Å². The highest BCUT2D eigenvalue weighted by Gasteiger charge is 2.33. The van der Waals surface area contributed by atoms with Crippen LogP contribution >= 0.6 is 0 Å². The summed E-state index contributed by atoms with van der Waals surface area (Å²) in [5.41, 5.74) is 0.301. The fourth-order valence-corrected chi connectivity index (χ4v) is 3.72. The minimum absolute atomic E-state index is 0.0166. The fourth-order valence-electron chi connectivity index (χ4n) is 3.72.